The maximum Gasteiger partial charge on any atom is 0.0129 e. The Morgan fingerprint density at radius 2 is 1.67 bits per heavy atom. The molecular formula is C19H36N2. The summed E-state index contributed by atoms with van der Waals surface area (Å²) in [5.41, 5.74) is 0. The van der Waals surface area contributed by atoms with E-state index in [0.29, 0.717) is 0 Å². The van der Waals surface area contributed by atoms with E-state index in [2.05, 4.69) is 31.0 Å². The molecule has 4 atom stereocenters. The van der Waals surface area contributed by atoms with Crippen LogP contribution in [0.1, 0.15) is 78.6 Å². The van der Waals surface area contributed by atoms with Gasteiger partial charge in [-0.25, -0.2) is 0 Å². The minimum atomic E-state index is 0.828. The molecule has 2 saturated heterocycles. The van der Waals surface area contributed by atoms with Gasteiger partial charge in [0.1, 0.15) is 0 Å². The number of fused-ring (bicyclic) bond motifs is 2. The number of rotatable bonds is 5. The second-order valence-electron chi connectivity index (χ2n) is 8.26. The highest BCUT2D eigenvalue weighted by Gasteiger charge is 2.40. The van der Waals surface area contributed by atoms with Gasteiger partial charge in [0.15, 0.2) is 0 Å². The summed E-state index contributed by atoms with van der Waals surface area (Å²) in [6.45, 7) is 8.62. The second-order valence-corrected chi connectivity index (χ2v) is 8.26. The third kappa shape index (κ3) is 3.47. The largest absolute Gasteiger partial charge is 0.311 e. The zero-order valence-corrected chi connectivity index (χ0v) is 14.5. The van der Waals surface area contributed by atoms with Crippen LogP contribution in [0.4, 0.5) is 0 Å². The zero-order chi connectivity index (χ0) is 14.8. The molecule has 2 heteroatoms. The van der Waals surface area contributed by atoms with Crippen LogP contribution in [-0.2, 0) is 0 Å². The van der Waals surface area contributed by atoms with E-state index in [4.69, 9.17) is 0 Å². The van der Waals surface area contributed by atoms with Crippen LogP contribution >= 0.6 is 0 Å². The highest BCUT2D eigenvalue weighted by atomic mass is 15.2. The van der Waals surface area contributed by atoms with E-state index in [9.17, 15) is 0 Å². The average molecular weight is 293 g/mol. The molecule has 0 aromatic rings. The summed E-state index contributed by atoms with van der Waals surface area (Å²) >= 11 is 0. The van der Waals surface area contributed by atoms with Crippen molar-refractivity contribution in [3.63, 3.8) is 0 Å². The molecule has 3 rings (SSSR count). The van der Waals surface area contributed by atoms with Gasteiger partial charge in [0.2, 0.25) is 0 Å². The van der Waals surface area contributed by atoms with Gasteiger partial charge >= 0.3 is 0 Å². The summed E-state index contributed by atoms with van der Waals surface area (Å²) in [7, 11) is 0. The molecule has 2 nitrogen and oxygen atoms in total. The van der Waals surface area contributed by atoms with Crippen LogP contribution in [0.3, 0.4) is 0 Å². The first-order chi connectivity index (χ1) is 10.2. The lowest BCUT2D eigenvalue weighted by molar-refractivity contribution is 0.0253. The fraction of sp³-hybridized carbons (Fsp3) is 1.00. The topological polar surface area (TPSA) is 15.3 Å². The first-order valence-corrected chi connectivity index (χ1v) is 9.70. The molecule has 2 aliphatic heterocycles. The van der Waals surface area contributed by atoms with Gasteiger partial charge in [-0.3, -0.25) is 4.90 Å². The van der Waals surface area contributed by atoms with Crippen LogP contribution in [0.2, 0.25) is 0 Å². The van der Waals surface area contributed by atoms with Gasteiger partial charge in [-0.05, 0) is 63.3 Å². The fourth-order valence-electron chi connectivity index (χ4n) is 5.50. The van der Waals surface area contributed by atoms with Gasteiger partial charge < -0.3 is 5.32 Å². The molecule has 21 heavy (non-hydrogen) atoms. The first-order valence-electron chi connectivity index (χ1n) is 9.70. The lowest BCUT2D eigenvalue weighted by atomic mass is 9.76. The third-order valence-electron chi connectivity index (χ3n) is 6.46. The van der Waals surface area contributed by atoms with Gasteiger partial charge in [-0.1, -0.05) is 33.6 Å². The van der Waals surface area contributed by atoms with Crippen LogP contribution in [-0.4, -0.2) is 35.6 Å². The van der Waals surface area contributed by atoms with Crippen molar-refractivity contribution in [3.05, 3.63) is 0 Å². The monoisotopic (exact) mass is 292 g/mol. The number of hydrogen-bond acceptors (Lipinski definition) is 2. The maximum atomic E-state index is 3.83. The van der Waals surface area contributed by atoms with Crippen LogP contribution in [0, 0.1) is 11.8 Å². The molecule has 0 spiro atoms. The molecular weight excluding hydrogens is 256 g/mol. The zero-order valence-electron chi connectivity index (χ0n) is 14.5. The van der Waals surface area contributed by atoms with Crippen molar-refractivity contribution in [3.8, 4) is 0 Å². The summed E-state index contributed by atoms with van der Waals surface area (Å²) < 4.78 is 0. The van der Waals surface area contributed by atoms with Crippen molar-refractivity contribution in [2.24, 2.45) is 11.8 Å². The normalized spacial score (nSPS) is 40.1. The Morgan fingerprint density at radius 3 is 2.29 bits per heavy atom. The predicted molar refractivity (Wildman–Crippen MR) is 90.5 cm³/mol. The van der Waals surface area contributed by atoms with E-state index < -0.39 is 0 Å². The maximum absolute atomic E-state index is 3.83. The van der Waals surface area contributed by atoms with Crippen molar-refractivity contribution in [1.82, 2.24) is 10.2 Å². The number of nitrogens with zero attached hydrogens (tertiary/aromatic N) is 1. The molecule has 4 unspecified atom stereocenters. The molecule has 3 aliphatic rings. The van der Waals surface area contributed by atoms with Crippen LogP contribution in [0.25, 0.3) is 0 Å². The van der Waals surface area contributed by atoms with Crippen molar-refractivity contribution >= 4 is 0 Å². The summed E-state index contributed by atoms with van der Waals surface area (Å²) in [5.74, 6) is 1.80. The first kappa shape index (κ1) is 15.8. The molecule has 1 aliphatic carbocycles. The predicted octanol–water partition coefficient (Wildman–Crippen LogP) is 4.20. The number of nitrogens with one attached hydrogen (secondary N) is 1. The molecule has 2 bridgehead atoms. The summed E-state index contributed by atoms with van der Waals surface area (Å²) in [6.07, 6.45) is 12.9. The van der Waals surface area contributed by atoms with E-state index in [0.717, 1.165) is 36.0 Å². The summed E-state index contributed by atoms with van der Waals surface area (Å²) in [5, 5.41) is 3.83. The average Bonchev–Trinajstić information content (AvgIpc) is 2.83. The Morgan fingerprint density at radius 1 is 1.00 bits per heavy atom. The Bertz CT molecular complexity index is 316. The van der Waals surface area contributed by atoms with Crippen molar-refractivity contribution < 1.29 is 0 Å². The Labute approximate surface area is 132 Å². The van der Waals surface area contributed by atoms with Crippen molar-refractivity contribution in [2.45, 2.75) is 103 Å². The summed E-state index contributed by atoms with van der Waals surface area (Å²) in [6, 6.07) is 3.40. The molecule has 0 amide bonds. The van der Waals surface area contributed by atoms with Gasteiger partial charge in [0.05, 0.1) is 0 Å². The standard InChI is InChI=1S/C19H36N2/c1-4-11-21(17-12-15-9-10-16(13-17)20-15)19-8-6-5-7-18(19)14(2)3/h14-20H,4-13H2,1-3H3. The molecule has 1 N–H and O–H groups in total. The van der Waals surface area contributed by atoms with Gasteiger partial charge in [0.25, 0.3) is 0 Å². The molecule has 1 saturated carbocycles. The number of piperidine rings is 1. The number of hydrogen-bond donors (Lipinski definition) is 1. The van der Waals surface area contributed by atoms with E-state index in [1.807, 2.05) is 0 Å². The fourth-order valence-corrected chi connectivity index (χ4v) is 5.50. The molecule has 3 fully saturated rings. The lowest BCUT2D eigenvalue weighted by Gasteiger charge is -2.47. The van der Waals surface area contributed by atoms with Gasteiger partial charge in [-0.15, -0.1) is 0 Å². The van der Waals surface area contributed by atoms with E-state index in [1.165, 1.54) is 64.3 Å². The SMILES string of the molecule is CCCN(C1CC2CCC(C1)N2)C1CCCCC1C(C)C. The third-order valence-corrected chi connectivity index (χ3v) is 6.46. The highest BCUT2D eigenvalue weighted by Crippen LogP contribution is 2.38. The van der Waals surface area contributed by atoms with Crippen molar-refractivity contribution in [2.75, 3.05) is 6.54 Å². The lowest BCUT2D eigenvalue weighted by Crippen LogP contribution is -2.54. The van der Waals surface area contributed by atoms with Gasteiger partial charge in [-0.2, -0.15) is 0 Å². The van der Waals surface area contributed by atoms with Crippen LogP contribution in [0.15, 0.2) is 0 Å². The quantitative estimate of drug-likeness (QED) is 0.817. The van der Waals surface area contributed by atoms with E-state index in [-0.39, 0.29) is 0 Å². The summed E-state index contributed by atoms with van der Waals surface area (Å²) in [4.78, 5) is 2.98. The highest BCUT2D eigenvalue weighted by molar-refractivity contribution is 4.98. The minimum absolute atomic E-state index is 0.828. The Kier molecular flexibility index (Phi) is 5.27. The molecule has 0 aromatic heterocycles. The molecule has 0 radical (unpaired) electrons. The van der Waals surface area contributed by atoms with Crippen molar-refractivity contribution in [1.29, 1.82) is 0 Å². The van der Waals surface area contributed by atoms with E-state index >= 15 is 0 Å². The van der Waals surface area contributed by atoms with Gasteiger partial charge in [0, 0.05) is 24.2 Å². The Balaban J connectivity index is 1.73. The minimum Gasteiger partial charge on any atom is -0.311 e. The van der Waals surface area contributed by atoms with Crippen LogP contribution in [0.5, 0.6) is 0 Å². The van der Waals surface area contributed by atoms with Crippen LogP contribution < -0.4 is 5.32 Å². The molecule has 2 heterocycles. The molecule has 0 aromatic carbocycles. The smallest absolute Gasteiger partial charge is 0.0129 e. The second kappa shape index (κ2) is 7.00. The molecule has 122 valence electrons. The Hall–Kier alpha value is -0.0800. The van der Waals surface area contributed by atoms with E-state index in [1.54, 1.807) is 0 Å².